The second-order valence-electron chi connectivity index (χ2n) is 5.43. The molecule has 0 spiro atoms. The zero-order valence-corrected chi connectivity index (χ0v) is 14.3. The molecule has 2 aliphatic rings. The number of fused-ring (bicyclic) bond motifs is 1. The van der Waals surface area contributed by atoms with Gasteiger partial charge in [0.25, 0.3) is 0 Å². The van der Waals surface area contributed by atoms with E-state index in [0.29, 0.717) is 11.4 Å². The number of amides is 1. The monoisotopic (exact) mass is 352 g/mol. The molecular formula is C14H16N4O3S2. The number of nitrogens with two attached hydrogens (primary N) is 1. The predicted octanol–water partition coefficient (Wildman–Crippen LogP) is 0.999. The molecule has 1 amide bonds. The molecule has 2 aliphatic heterocycles. The van der Waals surface area contributed by atoms with E-state index in [1.807, 2.05) is 0 Å². The summed E-state index contributed by atoms with van der Waals surface area (Å²) in [6, 6.07) is -0.560. The maximum Gasteiger partial charge on any atom is 0.355 e. The molecule has 3 heterocycles. The summed E-state index contributed by atoms with van der Waals surface area (Å²) in [6.07, 6.45) is 3.29. The first kappa shape index (κ1) is 16.2. The number of β-lactam (4-membered cyclic amide) rings is 1. The highest BCUT2D eigenvalue weighted by Gasteiger charge is 2.51. The number of aromatic nitrogens is 2. The number of hydrogen-bond acceptors (Lipinski definition) is 8. The first-order valence-electron chi connectivity index (χ1n) is 7.08. The molecule has 122 valence electrons. The van der Waals surface area contributed by atoms with Crippen LogP contribution in [0.3, 0.4) is 0 Å². The molecule has 1 saturated heterocycles. The second-order valence-corrected chi connectivity index (χ2v) is 7.14. The van der Waals surface area contributed by atoms with Gasteiger partial charge >= 0.3 is 5.97 Å². The zero-order valence-electron chi connectivity index (χ0n) is 12.6. The van der Waals surface area contributed by atoms with Crippen LogP contribution in [-0.4, -0.2) is 49.6 Å². The van der Waals surface area contributed by atoms with Gasteiger partial charge in [-0.05, 0) is 37.0 Å². The number of hydrogen-bond donors (Lipinski definition) is 1. The lowest BCUT2D eigenvalue weighted by Gasteiger charge is -2.48. The summed E-state index contributed by atoms with van der Waals surface area (Å²) in [5, 5.41) is 5.53. The third kappa shape index (κ3) is 3.04. The van der Waals surface area contributed by atoms with E-state index in [1.165, 1.54) is 28.2 Å². The summed E-state index contributed by atoms with van der Waals surface area (Å²) in [7, 11) is 0. The van der Waals surface area contributed by atoms with E-state index >= 15 is 0 Å². The molecule has 1 aromatic rings. The van der Waals surface area contributed by atoms with E-state index in [-0.39, 0.29) is 23.1 Å². The average molecular weight is 352 g/mol. The molecule has 9 heteroatoms. The van der Waals surface area contributed by atoms with Crippen molar-refractivity contribution in [2.45, 2.75) is 31.4 Å². The molecule has 23 heavy (non-hydrogen) atoms. The van der Waals surface area contributed by atoms with Gasteiger partial charge in [0.15, 0.2) is 0 Å². The lowest BCUT2D eigenvalue weighted by Crippen LogP contribution is -2.68. The molecule has 1 unspecified atom stereocenters. The van der Waals surface area contributed by atoms with Crippen molar-refractivity contribution < 1.29 is 14.3 Å². The Hall–Kier alpha value is -1.71. The van der Waals surface area contributed by atoms with Crippen LogP contribution in [0.25, 0.3) is 6.08 Å². The molecule has 3 rings (SSSR count). The average Bonchev–Trinajstić information content (AvgIpc) is 3.03. The molecule has 0 aliphatic carbocycles. The molecule has 0 bridgehead atoms. The Morgan fingerprint density at radius 2 is 2.30 bits per heavy atom. The van der Waals surface area contributed by atoms with Crippen molar-refractivity contribution in [3.8, 4) is 0 Å². The Morgan fingerprint density at radius 3 is 2.96 bits per heavy atom. The zero-order chi connectivity index (χ0) is 16.6. The summed E-state index contributed by atoms with van der Waals surface area (Å²) < 4.78 is 9.08. The Labute approximate surface area is 141 Å². The minimum Gasteiger partial charge on any atom is -0.458 e. The summed E-state index contributed by atoms with van der Waals surface area (Å²) in [4.78, 5) is 26.0. The minimum atomic E-state index is -0.560. The van der Waals surface area contributed by atoms with Crippen LogP contribution < -0.4 is 5.73 Å². The van der Waals surface area contributed by atoms with Crippen LogP contribution in [0.2, 0.25) is 0 Å². The molecule has 1 fully saturated rings. The van der Waals surface area contributed by atoms with Gasteiger partial charge in [-0.15, -0.1) is 16.9 Å². The lowest BCUT2D eigenvalue weighted by molar-refractivity contribution is -0.152. The SMILES string of the molecule is CC(C)OC(=O)C1=C(/C=C\c2csnn2)CS[C@H]2C(N)C(=O)N12. The Kier molecular flexibility index (Phi) is 4.51. The van der Waals surface area contributed by atoms with Gasteiger partial charge in [0.05, 0.1) is 11.8 Å². The minimum absolute atomic E-state index is 0.199. The van der Waals surface area contributed by atoms with E-state index in [2.05, 4.69) is 9.59 Å². The van der Waals surface area contributed by atoms with Crippen molar-refractivity contribution in [2.75, 3.05) is 5.75 Å². The first-order valence-corrected chi connectivity index (χ1v) is 8.97. The van der Waals surface area contributed by atoms with Gasteiger partial charge in [-0.3, -0.25) is 9.69 Å². The van der Waals surface area contributed by atoms with Crippen LogP contribution >= 0.6 is 23.3 Å². The number of ether oxygens (including phenoxy) is 1. The predicted molar refractivity (Wildman–Crippen MR) is 88.3 cm³/mol. The van der Waals surface area contributed by atoms with Crippen molar-refractivity contribution in [2.24, 2.45) is 5.73 Å². The number of esters is 1. The smallest absolute Gasteiger partial charge is 0.355 e. The third-order valence-corrected chi connectivity index (χ3v) is 5.25. The molecule has 0 saturated carbocycles. The number of allylic oxidation sites excluding steroid dienone is 1. The van der Waals surface area contributed by atoms with E-state index in [0.717, 1.165) is 5.57 Å². The second kappa shape index (κ2) is 6.42. The number of carbonyl (C=O) groups is 2. The van der Waals surface area contributed by atoms with E-state index < -0.39 is 12.0 Å². The van der Waals surface area contributed by atoms with Gasteiger partial charge in [0.2, 0.25) is 5.91 Å². The maximum absolute atomic E-state index is 12.4. The van der Waals surface area contributed by atoms with Gasteiger partial charge < -0.3 is 10.5 Å². The highest BCUT2D eigenvalue weighted by Crippen LogP contribution is 2.40. The van der Waals surface area contributed by atoms with Gasteiger partial charge in [-0.1, -0.05) is 10.6 Å². The standard InChI is InChI=1S/C14H16N4O3S2/c1-7(2)21-14(20)11-8(3-4-9-6-23-17-16-9)5-22-13-10(15)12(19)18(11)13/h3-4,6-7,10,13H,5,15H2,1-2H3/b4-3-/t10?,13-/m0/s1. The van der Waals surface area contributed by atoms with Gasteiger partial charge in [0.1, 0.15) is 17.1 Å². The van der Waals surface area contributed by atoms with E-state index in [9.17, 15) is 9.59 Å². The number of thioether (sulfide) groups is 1. The summed E-state index contributed by atoms with van der Waals surface area (Å²) in [5.41, 5.74) is 7.53. The van der Waals surface area contributed by atoms with Crippen molar-refractivity contribution in [1.29, 1.82) is 0 Å². The van der Waals surface area contributed by atoms with Crippen molar-refractivity contribution in [3.63, 3.8) is 0 Å². The first-order chi connectivity index (χ1) is 11.0. The fraction of sp³-hybridized carbons (Fsp3) is 0.429. The third-order valence-electron chi connectivity index (χ3n) is 3.41. The maximum atomic E-state index is 12.4. The summed E-state index contributed by atoms with van der Waals surface area (Å²) in [5.74, 6) is -0.167. The summed E-state index contributed by atoms with van der Waals surface area (Å²) in [6.45, 7) is 3.54. The lowest BCUT2D eigenvalue weighted by atomic mass is 10.0. The largest absolute Gasteiger partial charge is 0.458 e. The molecule has 0 aromatic carbocycles. The molecule has 1 aromatic heterocycles. The molecular weight excluding hydrogens is 336 g/mol. The highest BCUT2D eigenvalue weighted by atomic mass is 32.2. The van der Waals surface area contributed by atoms with Crippen LogP contribution in [0.5, 0.6) is 0 Å². The summed E-state index contributed by atoms with van der Waals surface area (Å²) >= 11 is 2.79. The molecule has 2 atom stereocenters. The van der Waals surface area contributed by atoms with Crippen molar-refractivity contribution >= 4 is 41.2 Å². The fourth-order valence-electron chi connectivity index (χ4n) is 2.36. The highest BCUT2D eigenvalue weighted by molar-refractivity contribution is 8.00. The Morgan fingerprint density at radius 1 is 1.52 bits per heavy atom. The van der Waals surface area contributed by atoms with Gasteiger partial charge in [-0.2, -0.15) is 0 Å². The van der Waals surface area contributed by atoms with Crippen LogP contribution in [0.1, 0.15) is 19.5 Å². The Bertz CT molecular complexity index is 684. The van der Waals surface area contributed by atoms with Crippen LogP contribution in [0.15, 0.2) is 22.7 Å². The van der Waals surface area contributed by atoms with Crippen LogP contribution in [0, 0.1) is 0 Å². The fourth-order valence-corrected chi connectivity index (χ4v) is 4.04. The van der Waals surface area contributed by atoms with Crippen molar-refractivity contribution in [3.05, 3.63) is 28.4 Å². The Balaban J connectivity index is 1.94. The number of carbonyl (C=O) groups excluding carboxylic acids is 2. The van der Waals surface area contributed by atoms with E-state index in [4.69, 9.17) is 10.5 Å². The molecule has 2 N–H and O–H groups in total. The van der Waals surface area contributed by atoms with Crippen LogP contribution in [0.4, 0.5) is 0 Å². The normalized spacial score (nSPS) is 24.2. The van der Waals surface area contributed by atoms with E-state index in [1.54, 1.807) is 31.4 Å². The van der Waals surface area contributed by atoms with Gasteiger partial charge in [-0.25, -0.2) is 4.79 Å². The topological polar surface area (TPSA) is 98.4 Å². The number of nitrogens with zero attached hydrogens (tertiary/aromatic N) is 3. The van der Waals surface area contributed by atoms with Gasteiger partial charge in [0, 0.05) is 11.1 Å². The van der Waals surface area contributed by atoms with Crippen LogP contribution in [-0.2, 0) is 14.3 Å². The molecule has 7 nitrogen and oxygen atoms in total. The van der Waals surface area contributed by atoms with Crippen molar-refractivity contribution in [1.82, 2.24) is 14.5 Å². The number of rotatable bonds is 4. The quantitative estimate of drug-likeness (QED) is 0.637. The molecule has 0 radical (unpaired) electrons.